The van der Waals surface area contributed by atoms with Gasteiger partial charge in [-0.1, -0.05) is 53.0 Å². The molecule has 0 fully saturated rings. The number of alkyl halides is 6. The van der Waals surface area contributed by atoms with Crippen molar-refractivity contribution in [3.05, 3.63) is 72.6 Å². The van der Waals surface area contributed by atoms with Gasteiger partial charge in [-0.25, -0.2) is 0 Å². The Labute approximate surface area is 225 Å². The Morgan fingerprint density at radius 2 is 1.61 bits per heavy atom. The number of rotatable bonds is 7. The highest BCUT2D eigenvalue weighted by Crippen LogP contribution is 2.41. The Kier molecular flexibility index (Phi) is 10.1. The van der Waals surface area contributed by atoms with Crippen molar-refractivity contribution in [2.75, 3.05) is 6.54 Å². The van der Waals surface area contributed by atoms with Crippen LogP contribution in [0.15, 0.2) is 40.9 Å². The van der Waals surface area contributed by atoms with Crippen LogP contribution in [-0.2, 0) is 4.79 Å². The van der Waals surface area contributed by atoms with E-state index in [4.69, 9.17) is 34.8 Å². The van der Waals surface area contributed by atoms with E-state index in [1.165, 1.54) is 31.2 Å². The maximum Gasteiger partial charge on any atom is 0.405 e. The normalized spacial score (nSPS) is 14.0. The van der Waals surface area contributed by atoms with Crippen LogP contribution in [0.25, 0.3) is 6.08 Å². The molecular weight excluding hydrogens is 625 g/mol. The highest BCUT2D eigenvalue weighted by atomic mass is 79.9. The SMILES string of the molecule is C[C@@H](NC(=O)c1ccc(C=CC(c2cc(Cl)c(Cl)c(Cl)c2)C(F)(F)F)cc1Br)C(=O)NCC(F)(F)F. The molecule has 0 saturated carbocycles. The fourth-order valence-corrected chi connectivity index (χ4v) is 4.06. The number of hydrogen-bond donors (Lipinski definition) is 2. The van der Waals surface area contributed by atoms with E-state index in [-0.39, 0.29) is 36.2 Å². The van der Waals surface area contributed by atoms with Crippen molar-refractivity contribution in [1.82, 2.24) is 10.6 Å². The Hall–Kier alpha value is -1.95. The number of carbonyl (C=O) groups excluding carboxylic acids is 2. The van der Waals surface area contributed by atoms with Crippen LogP contribution in [0.4, 0.5) is 26.3 Å². The second-order valence-electron chi connectivity index (χ2n) is 7.44. The number of carbonyl (C=O) groups is 2. The second kappa shape index (κ2) is 12.1. The van der Waals surface area contributed by atoms with Crippen LogP contribution < -0.4 is 10.6 Å². The molecule has 2 rings (SSSR count). The first-order chi connectivity index (χ1) is 16.5. The third-order valence-corrected chi connectivity index (χ3v) is 6.49. The molecule has 196 valence electrons. The molecule has 2 atom stereocenters. The smallest absolute Gasteiger partial charge is 0.345 e. The fourth-order valence-electron chi connectivity index (χ4n) is 2.87. The van der Waals surface area contributed by atoms with Crippen LogP contribution in [0.1, 0.15) is 34.3 Å². The van der Waals surface area contributed by atoms with E-state index < -0.39 is 42.7 Å². The molecule has 36 heavy (non-hydrogen) atoms. The van der Waals surface area contributed by atoms with E-state index in [2.05, 4.69) is 21.2 Å². The van der Waals surface area contributed by atoms with Crippen LogP contribution in [0.2, 0.25) is 15.1 Å². The minimum atomic E-state index is -4.68. The molecule has 0 aliphatic rings. The van der Waals surface area contributed by atoms with Crippen molar-refractivity contribution < 1.29 is 35.9 Å². The van der Waals surface area contributed by atoms with Gasteiger partial charge in [0.05, 0.1) is 26.5 Å². The molecule has 0 aliphatic carbocycles. The largest absolute Gasteiger partial charge is 0.405 e. The number of halogens is 10. The molecule has 0 saturated heterocycles. The average Bonchev–Trinajstić information content (AvgIpc) is 2.74. The van der Waals surface area contributed by atoms with E-state index >= 15 is 0 Å². The summed E-state index contributed by atoms with van der Waals surface area (Å²) in [5, 5.41) is 3.55. The van der Waals surface area contributed by atoms with Crippen LogP contribution in [0.3, 0.4) is 0 Å². The summed E-state index contributed by atoms with van der Waals surface area (Å²) in [5.74, 6) is -3.90. The lowest BCUT2D eigenvalue weighted by molar-refractivity contribution is -0.139. The van der Waals surface area contributed by atoms with Gasteiger partial charge >= 0.3 is 12.4 Å². The summed E-state index contributed by atoms with van der Waals surface area (Å²) in [6.07, 6.45) is -7.24. The van der Waals surface area contributed by atoms with E-state index in [1.54, 1.807) is 5.32 Å². The first kappa shape index (κ1) is 30.3. The number of benzene rings is 2. The number of hydrogen-bond acceptors (Lipinski definition) is 2. The quantitative estimate of drug-likeness (QED) is 0.243. The van der Waals surface area contributed by atoms with Crippen molar-refractivity contribution in [2.45, 2.75) is 31.2 Å². The van der Waals surface area contributed by atoms with Gasteiger partial charge < -0.3 is 10.6 Å². The lowest BCUT2D eigenvalue weighted by Gasteiger charge is -2.18. The number of nitrogens with one attached hydrogen (secondary N) is 2. The van der Waals surface area contributed by atoms with Crippen molar-refractivity contribution in [1.29, 1.82) is 0 Å². The van der Waals surface area contributed by atoms with E-state index in [0.29, 0.717) is 0 Å². The maximum atomic E-state index is 13.7. The van der Waals surface area contributed by atoms with Gasteiger partial charge in [-0.15, -0.1) is 0 Å². The minimum Gasteiger partial charge on any atom is -0.345 e. The lowest BCUT2D eigenvalue weighted by atomic mass is 9.97. The predicted octanol–water partition coefficient (Wildman–Crippen LogP) is 7.57. The highest BCUT2D eigenvalue weighted by molar-refractivity contribution is 9.10. The Bertz CT molecular complexity index is 1150. The zero-order valence-electron chi connectivity index (χ0n) is 18.0. The van der Waals surface area contributed by atoms with E-state index in [1.807, 2.05) is 0 Å². The van der Waals surface area contributed by atoms with Crippen LogP contribution in [0.5, 0.6) is 0 Å². The van der Waals surface area contributed by atoms with E-state index in [9.17, 15) is 35.9 Å². The molecular formula is C22H16BrCl3F6N2O2. The van der Waals surface area contributed by atoms with Gasteiger partial charge in [-0.3, -0.25) is 9.59 Å². The Morgan fingerprint density at radius 3 is 2.11 bits per heavy atom. The predicted molar refractivity (Wildman–Crippen MR) is 129 cm³/mol. The van der Waals surface area contributed by atoms with Gasteiger partial charge in [0.2, 0.25) is 5.91 Å². The first-order valence-corrected chi connectivity index (χ1v) is 11.8. The molecule has 0 bridgehead atoms. The van der Waals surface area contributed by atoms with Crippen LogP contribution >= 0.6 is 50.7 Å². The van der Waals surface area contributed by atoms with Gasteiger partial charge in [0.15, 0.2) is 0 Å². The van der Waals surface area contributed by atoms with Gasteiger partial charge in [0.1, 0.15) is 12.6 Å². The summed E-state index contributed by atoms with van der Waals surface area (Å²) in [6.45, 7) is -0.356. The van der Waals surface area contributed by atoms with Gasteiger partial charge in [0, 0.05) is 4.47 Å². The molecule has 14 heteroatoms. The summed E-state index contributed by atoms with van der Waals surface area (Å²) in [7, 11) is 0. The van der Waals surface area contributed by atoms with Crippen molar-refractivity contribution in [3.8, 4) is 0 Å². The molecule has 1 unspecified atom stereocenters. The molecule has 2 aromatic carbocycles. The first-order valence-electron chi connectivity index (χ1n) is 9.84. The minimum absolute atomic E-state index is 0.00579. The zero-order valence-corrected chi connectivity index (χ0v) is 21.9. The van der Waals surface area contributed by atoms with Gasteiger partial charge in [-0.05, 0) is 58.2 Å². The van der Waals surface area contributed by atoms with Crippen LogP contribution in [-0.4, -0.2) is 36.8 Å². The molecule has 0 radical (unpaired) electrons. The average molecular weight is 641 g/mol. The molecule has 2 N–H and O–H groups in total. The zero-order chi connectivity index (χ0) is 27.4. The fraction of sp³-hybridized carbons (Fsp3) is 0.273. The molecule has 0 heterocycles. The summed E-state index contributed by atoms with van der Waals surface area (Å²) in [4.78, 5) is 24.2. The second-order valence-corrected chi connectivity index (χ2v) is 9.49. The van der Waals surface area contributed by atoms with Crippen LogP contribution in [0, 0.1) is 0 Å². The van der Waals surface area contributed by atoms with Gasteiger partial charge in [0.25, 0.3) is 5.91 Å². The number of allylic oxidation sites excluding steroid dienone is 1. The molecule has 0 aliphatic heterocycles. The summed E-state index contributed by atoms with van der Waals surface area (Å²) >= 11 is 20.7. The molecule has 0 spiro atoms. The molecule has 2 amide bonds. The monoisotopic (exact) mass is 638 g/mol. The standard InChI is InChI=1S/C22H16BrCl3F6N2O2/c1-10(19(35)33-9-21(27,28)29)34-20(36)13-4-2-11(6-15(13)23)3-5-14(22(30,31)32)12-7-16(24)18(26)17(25)8-12/h2-8,10,14H,9H2,1H3,(H,33,35)(H,34,36)/t10-,14?/m1/s1. The maximum absolute atomic E-state index is 13.7. The number of amides is 2. The Morgan fingerprint density at radius 1 is 1.03 bits per heavy atom. The van der Waals surface area contributed by atoms with E-state index in [0.717, 1.165) is 18.2 Å². The summed E-state index contributed by atoms with van der Waals surface area (Å²) < 4.78 is 78.0. The van der Waals surface area contributed by atoms with Crippen molar-refractivity contribution >= 4 is 68.6 Å². The lowest BCUT2D eigenvalue weighted by Crippen LogP contribution is -2.47. The molecule has 0 aromatic heterocycles. The summed E-state index contributed by atoms with van der Waals surface area (Å²) in [6, 6.07) is 4.82. The third kappa shape index (κ3) is 8.57. The molecule has 2 aromatic rings. The van der Waals surface area contributed by atoms with Crippen molar-refractivity contribution in [2.24, 2.45) is 0 Å². The van der Waals surface area contributed by atoms with Gasteiger partial charge in [-0.2, -0.15) is 26.3 Å². The third-order valence-electron chi connectivity index (χ3n) is 4.64. The highest BCUT2D eigenvalue weighted by Gasteiger charge is 2.39. The van der Waals surface area contributed by atoms with Crippen molar-refractivity contribution in [3.63, 3.8) is 0 Å². The summed E-state index contributed by atoms with van der Waals surface area (Å²) in [5.41, 5.74) is 0.0621. The topological polar surface area (TPSA) is 58.2 Å². The molecule has 4 nitrogen and oxygen atoms in total. The Balaban J connectivity index is 2.19.